The number of hydrogen-bond acceptors (Lipinski definition) is 3. The summed E-state index contributed by atoms with van der Waals surface area (Å²) < 4.78 is 41.9. The molecule has 2 rings (SSSR count). The van der Waals surface area contributed by atoms with E-state index in [0.717, 1.165) is 32.1 Å². The maximum Gasteiger partial charge on any atom is 0.233 e. The molecule has 0 saturated heterocycles. The lowest BCUT2D eigenvalue weighted by atomic mass is 9.76. The molecule has 6 heteroatoms. The molecule has 1 fully saturated rings. The summed E-state index contributed by atoms with van der Waals surface area (Å²) in [5, 5.41) is 0. The van der Waals surface area contributed by atoms with Crippen molar-refractivity contribution in [2.24, 2.45) is 5.41 Å². The van der Waals surface area contributed by atoms with Crippen molar-refractivity contribution in [2.45, 2.75) is 32.1 Å². The average molecular weight is 321 g/mol. The Balaban J connectivity index is 2.10. The lowest BCUT2D eigenvalue weighted by Crippen LogP contribution is -2.37. The Bertz CT molecular complexity index is 553. The van der Waals surface area contributed by atoms with Crippen LogP contribution in [0.2, 0.25) is 0 Å². The zero-order chi connectivity index (χ0) is 14.6. The van der Waals surface area contributed by atoms with Crippen LogP contribution in [0.1, 0.15) is 32.1 Å². The van der Waals surface area contributed by atoms with Gasteiger partial charge in [-0.2, -0.15) is 0 Å². The molecule has 20 heavy (non-hydrogen) atoms. The maximum atomic E-state index is 13.5. The number of rotatable bonds is 5. The third kappa shape index (κ3) is 4.35. The van der Waals surface area contributed by atoms with Gasteiger partial charge in [0.15, 0.2) is 11.6 Å². The van der Waals surface area contributed by atoms with Gasteiger partial charge in [-0.25, -0.2) is 12.8 Å². The van der Waals surface area contributed by atoms with Crippen molar-refractivity contribution < 1.29 is 17.5 Å². The molecule has 0 spiro atoms. The first-order chi connectivity index (χ1) is 9.40. The van der Waals surface area contributed by atoms with Gasteiger partial charge in [0.25, 0.3) is 0 Å². The smallest absolute Gasteiger partial charge is 0.233 e. The van der Waals surface area contributed by atoms with Gasteiger partial charge in [-0.15, -0.1) is 0 Å². The van der Waals surface area contributed by atoms with Gasteiger partial charge in [0, 0.05) is 16.1 Å². The van der Waals surface area contributed by atoms with E-state index in [1.807, 2.05) is 0 Å². The maximum absolute atomic E-state index is 13.5. The minimum Gasteiger partial charge on any atom is -0.490 e. The number of halogens is 2. The molecular weight excluding hydrogens is 303 g/mol. The van der Waals surface area contributed by atoms with E-state index >= 15 is 0 Å². The quantitative estimate of drug-likeness (QED) is 0.776. The molecule has 1 aromatic rings. The fourth-order valence-electron chi connectivity index (χ4n) is 2.79. The first-order valence-corrected chi connectivity index (χ1v) is 9.18. The minimum atomic E-state index is -3.60. The summed E-state index contributed by atoms with van der Waals surface area (Å²) in [7, 11) is 1.81. The van der Waals surface area contributed by atoms with E-state index in [9.17, 15) is 12.8 Å². The zero-order valence-electron chi connectivity index (χ0n) is 11.1. The Morgan fingerprint density at radius 1 is 1.20 bits per heavy atom. The van der Waals surface area contributed by atoms with E-state index in [1.54, 1.807) is 18.2 Å². The SMILES string of the molecule is O=S(=O)(Cl)CC1(COc2ccccc2F)CCCCC1. The Kier molecular flexibility index (Phi) is 4.91. The van der Waals surface area contributed by atoms with E-state index in [4.69, 9.17) is 15.4 Å². The van der Waals surface area contributed by atoms with Gasteiger partial charge < -0.3 is 4.74 Å². The van der Waals surface area contributed by atoms with E-state index < -0.39 is 20.3 Å². The predicted octanol–water partition coefficient (Wildman–Crippen LogP) is 3.72. The summed E-state index contributed by atoms with van der Waals surface area (Å²) in [6.45, 7) is 0.180. The Hall–Kier alpha value is -0.810. The van der Waals surface area contributed by atoms with Crippen molar-refractivity contribution in [3.8, 4) is 5.75 Å². The van der Waals surface area contributed by atoms with Gasteiger partial charge in [0.05, 0.1) is 12.4 Å². The van der Waals surface area contributed by atoms with E-state index in [-0.39, 0.29) is 18.1 Å². The molecule has 0 heterocycles. The highest BCUT2D eigenvalue weighted by molar-refractivity contribution is 8.13. The third-order valence-electron chi connectivity index (χ3n) is 3.76. The molecule has 0 radical (unpaired) electrons. The minimum absolute atomic E-state index is 0.115. The number of benzene rings is 1. The predicted molar refractivity (Wildman–Crippen MR) is 77.1 cm³/mol. The van der Waals surface area contributed by atoms with Crippen molar-refractivity contribution in [3.05, 3.63) is 30.1 Å². The molecule has 1 aliphatic carbocycles. The Morgan fingerprint density at radius 3 is 2.45 bits per heavy atom. The average Bonchev–Trinajstić information content (AvgIpc) is 2.37. The second-order valence-corrected chi connectivity index (χ2v) is 8.24. The van der Waals surface area contributed by atoms with Gasteiger partial charge in [-0.3, -0.25) is 0 Å². The molecule has 0 atom stereocenters. The first kappa shape index (κ1) is 15.6. The second-order valence-electron chi connectivity index (χ2n) is 5.46. The fraction of sp³-hybridized carbons (Fsp3) is 0.571. The van der Waals surface area contributed by atoms with Gasteiger partial charge in [-0.05, 0) is 25.0 Å². The summed E-state index contributed by atoms with van der Waals surface area (Å²) in [6.07, 6.45) is 4.48. The largest absolute Gasteiger partial charge is 0.490 e. The van der Waals surface area contributed by atoms with Crippen LogP contribution >= 0.6 is 10.7 Å². The number of ether oxygens (including phenoxy) is 1. The molecular formula is C14H18ClFO3S. The summed E-state index contributed by atoms with van der Waals surface area (Å²) in [6, 6.07) is 6.13. The normalized spacial score (nSPS) is 18.7. The van der Waals surface area contributed by atoms with E-state index in [2.05, 4.69) is 0 Å². The standard InChI is InChI=1S/C14H18ClFO3S/c15-20(17,18)11-14(8-4-1-5-9-14)10-19-13-7-3-2-6-12(13)16/h2-3,6-7H,1,4-5,8-11H2. The summed E-state index contributed by atoms with van der Waals surface area (Å²) in [5.74, 6) is -0.396. The molecule has 1 saturated carbocycles. The monoisotopic (exact) mass is 320 g/mol. The molecule has 0 N–H and O–H groups in total. The number of para-hydroxylation sites is 1. The van der Waals surface area contributed by atoms with Crippen LogP contribution in [0.15, 0.2) is 24.3 Å². The zero-order valence-corrected chi connectivity index (χ0v) is 12.7. The molecule has 1 aromatic carbocycles. The first-order valence-electron chi connectivity index (χ1n) is 6.70. The Morgan fingerprint density at radius 2 is 1.85 bits per heavy atom. The number of hydrogen-bond donors (Lipinski definition) is 0. The van der Waals surface area contributed by atoms with Crippen LogP contribution in [-0.2, 0) is 9.05 Å². The van der Waals surface area contributed by atoms with Crippen LogP contribution in [0.25, 0.3) is 0 Å². The Labute approximate surface area is 123 Å². The molecule has 0 aliphatic heterocycles. The fourth-order valence-corrected chi connectivity index (χ4v) is 4.59. The van der Waals surface area contributed by atoms with Crippen molar-refractivity contribution in [1.82, 2.24) is 0 Å². The van der Waals surface area contributed by atoms with E-state index in [1.165, 1.54) is 6.07 Å². The highest BCUT2D eigenvalue weighted by Gasteiger charge is 2.37. The van der Waals surface area contributed by atoms with Gasteiger partial charge in [0.1, 0.15) is 0 Å². The third-order valence-corrected chi connectivity index (χ3v) is 5.05. The van der Waals surface area contributed by atoms with Crippen molar-refractivity contribution in [1.29, 1.82) is 0 Å². The van der Waals surface area contributed by atoms with Crippen LogP contribution in [0, 0.1) is 11.2 Å². The van der Waals surface area contributed by atoms with Crippen molar-refractivity contribution in [2.75, 3.05) is 12.4 Å². The van der Waals surface area contributed by atoms with Crippen LogP contribution in [0.3, 0.4) is 0 Å². The highest BCUT2D eigenvalue weighted by Crippen LogP contribution is 2.39. The highest BCUT2D eigenvalue weighted by atomic mass is 35.7. The molecule has 0 unspecified atom stereocenters. The van der Waals surface area contributed by atoms with Gasteiger partial charge in [0.2, 0.25) is 9.05 Å². The summed E-state index contributed by atoms with van der Waals surface area (Å²) in [4.78, 5) is 0. The summed E-state index contributed by atoms with van der Waals surface area (Å²) in [5.41, 5.74) is -0.499. The van der Waals surface area contributed by atoms with Gasteiger partial charge >= 0.3 is 0 Å². The van der Waals surface area contributed by atoms with E-state index in [0.29, 0.717) is 0 Å². The molecule has 3 nitrogen and oxygen atoms in total. The summed E-state index contributed by atoms with van der Waals surface area (Å²) >= 11 is 0. The van der Waals surface area contributed by atoms with Crippen LogP contribution in [-0.4, -0.2) is 20.8 Å². The van der Waals surface area contributed by atoms with Crippen molar-refractivity contribution in [3.63, 3.8) is 0 Å². The molecule has 0 aromatic heterocycles. The van der Waals surface area contributed by atoms with Gasteiger partial charge in [-0.1, -0.05) is 31.4 Å². The van der Waals surface area contributed by atoms with Crippen LogP contribution in [0.5, 0.6) is 5.75 Å². The molecule has 0 bridgehead atoms. The lowest BCUT2D eigenvalue weighted by molar-refractivity contribution is 0.116. The van der Waals surface area contributed by atoms with Crippen LogP contribution < -0.4 is 4.74 Å². The molecule has 1 aliphatic rings. The topological polar surface area (TPSA) is 43.4 Å². The van der Waals surface area contributed by atoms with Crippen molar-refractivity contribution >= 4 is 19.7 Å². The molecule has 0 amide bonds. The molecule has 112 valence electrons. The second kappa shape index (κ2) is 6.31. The van der Waals surface area contributed by atoms with Crippen LogP contribution in [0.4, 0.5) is 4.39 Å². The lowest BCUT2D eigenvalue weighted by Gasteiger charge is -2.35.